The number of hydrogen-bond acceptors (Lipinski definition) is 7. The minimum atomic E-state index is -0.395. The summed E-state index contributed by atoms with van der Waals surface area (Å²) in [6.45, 7) is 4.19. The Balaban J connectivity index is 1.49. The smallest absolute Gasteiger partial charge is 0.224 e. The van der Waals surface area contributed by atoms with Crippen molar-refractivity contribution >= 4 is 69.5 Å². The van der Waals surface area contributed by atoms with Gasteiger partial charge in [0.2, 0.25) is 17.8 Å². The van der Waals surface area contributed by atoms with E-state index < -0.39 is 6.10 Å². The lowest BCUT2D eigenvalue weighted by Crippen LogP contribution is -2.41. The molecule has 9 nitrogen and oxygen atoms in total. The Morgan fingerprint density at radius 1 is 1.11 bits per heavy atom. The first-order chi connectivity index (χ1) is 18.0. The van der Waals surface area contributed by atoms with Crippen molar-refractivity contribution in [3.8, 4) is 0 Å². The molecule has 1 aromatic carbocycles. The quantitative estimate of drug-likeness (QED) is 0.277. The SMILES string of the molecule is CC1(C)CCC(Nc2ncc3nc(Nc4c(Cl)cc(Cl)cc4Cl)n(C4CCC(C(N)=O)CC4)c3n2)C[C@H]1O. The van der Waals surface area contributed by atoms with Crippen LogP contribution in [0.25, 0.3) is 11.2 Å². The van der Waals surface area contributed by atoms with Crippen molar-refractivity contribution in [1.82, 2.24) is 19.5 Å². The minimum Gasteiger partial charge on any atom is -0.392 e. The van der Waals surface area contributed by atoms with E-state index in [1.165, 1.54) is 0 Å². The number of hydrogen-bond donors (Lipinski definition) is 4. The van der Waals surface area contributed by atoms with Crippen LogP contribution in [0, 0.1) is 11.3 Å². The molecule has 0 saturated heterocycles. The second kappa shape index (κ2) is 10.7. The number of nitrogens with two attached hydrogens (primary N) is 1. The second-order valence-corrected chi connectivity index (χ2v) is 12.4. The number of benzene rings is 1. The second-order valence-electron chi connectivity index (χ2n) is 11.1. The molecular weight excluding hydrogens is 549 g/mol. The summed E-state index contributed by atoms with van der Waals surface area (Å²) in [6, 6.07) is 3.33. The average Bonchev–Trinajstić information content (AvgIpc) is 3.21. The van der Waals surface area contributed by atoms with Crippen LogP contribution in [0.15, 0.2) is 18.3 Å². The Morgan fingerprint density at radius 3 is 2.42 bits per heavy atom. The maximum absolute atomic E-state index is 11.8. The zero-order valence-electron chi connectivity index (χ0n) is 21.3. The molecule has 0 spiro atoms. The Labute approximate surface area is 236 Å². The molecule has 5 rings (SSSR count). The molecule has 1 unspecified atom stereocenters. The molecule has 0 radical (unpaired) electrons. The van der Waals surface area contributed by atoms with Crippen molar-refractivity contribution in [1.29, 1.82) is 0 Å². The highest BCUT2D eigenvalue weighted by Gasteiger charge is 2.35. The molecule has 5 N–H and O–H groups in total. The lowest BCUT2D eigenvalue weighted by atomic mass is 9.73. The van der Waals surface area contributed by atoms with Gasteiger partial charge in [-0.1, -0.05) is 48.7 Å². The van der Waals surface area contributed by atoms with Crippen LogP contribution in [0.5, 0.6) is 0 Å². The standard InChI is InChI=1S/C26H32Cl3N7O2/c1-26(2)8-7-15(11-20(26)37)32-24-31-12-19-23(35-24)36(16-5-3-13(4-6-16)22(30)38)25(33-19)34-21-17(28)9-14(27)10-18(21)29/h9-10,12-13,15-16,20,37H,3-8,11H2,1-2H3,(H2,30,38)(H,33,34)(H,31,32,35)/t13?,15?,16?,20-/m1/s1. The first kappa shape index (κ1) is 27.2. The summed E-state index contributed by atoms with van der Waals surface area (Å²) < 4.78 is 2.04. The van der Waals surface area contributed by atoms with Gasteiger partial charge in [-0.25, -0.2) is 9.97 Å². The number of halogens is 3. The van der Waals surface area contributed by atoms with Gasteiger partial charge in [-0.15, -0.1) is 0 Å². The highest BCUT2D eigenvalue weighted by Crippen LogP contribution is 2.40. The molecule has 0 aliphatic heterocycles. The summed E-state index contributed by atoms with van der Waals surface area (Å²) in [6.07, 6.45) is 6.61. The summed E-state index contributed by atoms with van der Waals surface area (Å²) in [5.74, 6) is 0.612. The van der Waals surface area contributed by atoms with Crippen LogP contribution in [0.4, 0.5) is 17.6 Å². The number of imidazole rings is 1. The fourth-order valence-corrected chi connectivity index (χ4v) is 6.43. The van der Waals surface area contributed by atoms with E-state index in [0.29, 0.717) is 63.1 Å². The predicted octanol–water partition coefficient (Wildman–Crippen LogP) is 6.10. The van der Waals surface area contributed by atoms with Crippen LogP contribution < -0.4 is 16.4 Å². The van der Waals surface area contributed by atoms with Crippen molar-refractivity contribution in [2.24, 2.45) is 17.1 Å². The van der Waals surface area contributed by atoms with E-state index in [9.17, 15) is 9.90 Å². The van der Waals surface area contributed by atoms with Crippen LogP contribution in [-0.2, 0) is 4.79 Å². The monoisotopic (exact) mass is 579 g/mol. The fraction of sp³-hybridized carbons (Fsp3) is 0.538. The third kappa shape index (κ3) is 5.52. The van der Waals surface area contributed by atoms with Gasteiger partial charge in [-0.3, -0.25) is 9.36 Å². The molecule has 0 bridgehead atoms. The Morgan fingerprint density at radius 2 is 1.79 bits per heavy atom. The number of primary amides is 1. The molecule has 204 valence electrons. The van der Waals surface area contributed by atoms with Gasteiger partial charge in [0.15, 0.2) is 5.65 Å². The summed E-state index contributed by atoms with van der Waals surface area (Å²) in [5, 5.41) is 18.4. The van der Waals surface area contributed by atoms with E-state index in [1.807, 2.05) is 4.57 Å². The molecule has 1 amide bonds. The highest BCUT2D eigenvalue weighted by molar-refractivity contribution is 6.41. The third-order valence-corrected chi connectivity index (χ3v) is 8.84. The van der Waals surface area contributed by atoms with Gasteiger partial charge >= 0.3 is 0 Å². The predicted molar refractivity (Wildman–Crippen MR) is 151 cm³/mol. The molecule has 2 aliphatic rings. The largest absolute Gasteiger partial charge is 0.392 e. The minimum absolute atomic E-state index is 0.0306. The van der Waals surface area contributed by atoms with Crippen molar-refractivity contribution in [3.63, 3.8) is 0 Å². The third-order valence-electron chi connectivity index (χ3n) is 8.02. The lowest BCUT2D eigenvalue weighted by molar-refractivity contribution is -0.122. The Kier molecular flexibility index (Phi) is 7.66. The number of aliphatic hydroxyl groups excluding tert-OH is 1. The van der Waals surface area contributed by atoms with Crippen LogP contribution in [0.1, 0.15) is 64.8 Å². The summed E-state index contributed by atoms with van der Waals surface area (Å²) in [4.78, 5) is 25.9. The van der Waals surface area contributed by atoms with Crippen molar-refractivity contribution in [2.45, 2.75) is 77.0 Å². The van der Waals surface area contributed by atoms with Crippen LogP contribution in [0.2, 0.25) is 15.1 Å². The molecule has 2 atom stereocenters. The van der Waals surface area contributed by atoms with E-state index >= 15 is 0 Å². The van der Waals surface area contributed by atoms with Crippen molar-refractivity contribution < 1.29 is 9.90 Å². The Hall–Kier alpha value is -2.33. The molecular formula is C26H32Cl3N7O2. The number of carbonyl (C=O) groups excluding carboxylic acids is 1. The number of nitrogens with one attached hydrogen (secondary N) is 2. The number of aliphatic hydroxyl groups is 1. The van der Waals surface area contributed by atoms with Gasteiger partial charge in [0, 0.05) is 23.0 Å². The number of fused-ring (bicyclic) bond motifs is 1. The molecule has 2 fully saturated rings. The molecule has 2 aliphatic carbocycles. The Bertz CT molecular complexity index is 1330. The van der Waals surface area contributed by atoms with Gasteiger partial charge in [-0.2, -0.15) is 4.98 Å². The van der Waals surface area contributed by atoms with Crippen LogP contribution in [-0.4, -0.2) is 42.7 Å². The first-order valence-corrected chi connectivity index (χ1v) is 14.1. The number of nitrogens with zero attached hydrogens (tertiary/aromatic N) is 4. The number of amides is 1. The van der Waals surface area contributed by atoms with Crippen LogP contribution >= 0.6 is 34.8 Å². The first-order valence-electron chi connectivity index (χ1n) is 12.9. The maximum atomic E-state index is 11.8. The number of anilines is 3. The van der Waals surface area contributed by atoms with Gasteiger partial charge in [0.05, 0.1) is 28.0 Å². The molecule has 2 aromatic heterocycles. The van der Waals surface area contributed by atoms with E-state index in [0.717, 1.165) is 25.7 Å². The molecule has 2 heterocycles. The number of carbonyl (C=O) groups is 1. The normalized spacial score (nSPS) is 25.3. The molecule has 38 heavy (non-hydrogen) atoms. The zero-order chi connectivity index (χ0) is 27.2. The summed E-state index contributed by atoms with van der Waals surface area (Å²) >= 11 is 19.0. The fourth-order valence-electron chi connectivity index (χ4n) is 5.52. The van der Waals surface area contributed by atoms with E-state index in [1.54, 1.807) is 18.3 Å². The average molecular weight is 581 g/mol. The van der Waals surface area contributed by atoms with Crippen molar-refractivity contribution in [2.75, 3.05) is 10.6 Å². The van der Waals surface area contributed by atoms with Gasteiger partial charge < -0.3 is 21.5 Å². The van der Waals surface area contributed by atoms with E-state index in [-0.39, 0.29) is 29.3 Å². The van der Waals surface area contributed by atoms with Gasteiger partial charge in [0.1, 0.15) is 5.52 Å². The van der Waals surface area contributed by atoms with Crippen LogP contribution in [0.3, 0.4) is 0 Å². The molecule has 2 saturated carbocycles. The van der Waals surface area contributed by atoms with E-state index in [2.05, 4.69) is 29.5 Å². The zero-order valence-corrected chi connectivity index (χ0v) is 23.6. The lowest BCUT2D eigenvalue weighted by Gasteiger charge is -2.39. The van der Waals surface area contributed by atoms with Crippen molar-refractivity contribution in [3.05, 3.63) is 33.4 Å². The maximum Gasteiger partial charge on any atom is 0.224 e. The van der Waals surface area contributed by atoms with Gasteiger partial charge in [-0.05, 0) is 62.5 Å². The summed E-state index contributed by atoms with van der Waals surface area (Å²) in [5.41, 5.74) is 7.24. The van der Waals surface area contributed by atoms with Gasteiger partial charge in [0.25, 0.3) is 0 Å². The topological polar surface area (TPSA) is 131 Å². The number of aromatic nitrogens is 4. The molecule has 12 heteroatoms. The summed E-state index contributed by atoms with van der Waals surface area (Å²) in [7, 11) is 0. The van der Waals surface area contributed by atoms with E-state index in [4.69, 9.17) is 50.5 Å². The molecule has 3 aromatic rings. The number of rotatable bonds is 6. The highest BCUT2D eigenvalue weighted by atomic mass is 35.5.